The first-order valence-electron chi connectivity index (χ1n) is 10.3. The Labute approximate surface area is 209 Å². The summed E-state index contributed by atoms with van der Waals surface area (Å²) >= 11 is 2.47. The minimum absolute atomic E-state index is 0.172. The molecule has 0 unspecified atom stereocenters. The number of aromatic nitrogens is 2. The predicted octanol–water partition coefficient (Wildman–Crippen LogP) is 4.38. The van der Waals surface area contributed by atoms with Crippen molar-refractivity contribution in [2.45, 2.75) is 17.7 Å². The second-order valence-electron chi connectivity index (χ2n) is 7.42. The van der Waals surface area contributed by atoms with Gasteiger partial charge in [0.15, 0.2) is 20.1 Å². The molecule has 13 heteroatoms. The lowest BCUT2D eigenvalue weighted by Crippen LogP contribution is -2.19. The third-order valence-corrected chi connectivity index (χ3v) is 7.61. The second kappa shape index (κ2) is 10.4. The summed E-state index contributed by atoms with van der Waals surface area (Å²) < 4.78 is 29.2. The van der Waals surface area contributed by atoms with Crippen LogP contribution in [0.3, 0.4) is 0 Å². The molecule has 0 atom stereocenters. The number of carbonyl (C=O) groups excluding carboxylic acids is 2. The molecule has 2 heterocycles. The zero-order valence-electron chi connectivity index (χ0n) is 18.7. The predicted molar refractivity (Wildman–Crippen MR) is 137 cm³/mol. The summed E-state index contributed by atoms with van der Waals surface area (Å²) in [5.74, 6) is 0.445. The van der Waals surface area contributed by atoms with E-state index in [0.717, 1.165) is 6.26 Å². The molecular formula is C22H21N5O5S3. The lowest BCUT2D eigenvalue weighted by molar-refractivity contribution is -0.116. The number of ether oxygens (including phenoxy) is 1. The van der Waals surface area contributed by atoms with Crippen molar-refractivity contribution in [1.29, 1.82) is 0 Å². The summed E-state index contributed by atoms with van der Waals surface area (Å²) in [5, 5.41) is 10.7. The van der Waals surface area contributed by atoms with Gasteiger partial charge in [-0.25, -0.2) is 23.2 Å². The summed E-state index contributed by atoms with van der Waals surface area (Å²) in [6.07, 6.45) is 1.70. The maximum absolute atomic E-state index is 12.4. The maximum Gasteiger partial charge on any atom is 0.325 e. The van der Waals surface area contributed by atoms with Gasteiger partial charge in [-0.05, 0) is 48.9 Å². The van der Waals surface area contributed by atoms with E-state index in [-0.39, 0.29) is 17.2 Å². The van der Waals surface area contributed by atoms with Crippen molar-refractivity contribution in [2.24, 2.45) is 0 Å². The quantitative estimate of drug-likeness (QED) is 0.307. The number of thiazole rings is 2. The lowest BCUT2D eigenvalue weighted by atomic mass is 10.2. The van der Waals surface area contributed by atoms with Gasteiger partial charge >= 0.3 is 6.03 Å². The zero-order chi connectivity index (χ0) is 25.0. The highest BCUT2D eigenvalue weighted by Gasteiger charge is 2.13. The Morgan fingerprint density at radius 3 is 2.49 bits per heavy atom. The Balaban J connectivity index is 1.28. The summed E-state index contributed by atoms with van der Waals surface area (Å²) in [5.41, 5.74) is 1.90. The highest BCUT2D eigenvalue weighted by Crippen LogP contribution is 2.28. The van der Waals surface area contributed by atoms with Crippen LogP contribution >= 0.6 is 22.7 Å². The molecule has 0 aliphatic carbocycles. The van der Waals surface area contributed by atoms with Crippen LogP contribution in [0.2, 0.25) is 0 Å². The summed E-state index contributed by atoms with van der Waals surface area (Å²) in [4.78, 5) is 33.4. The van der Waals surface area contributed by atoms with E-state index in [4.69, 9.17) is 4.74 Å². The van der Waals surface area contributed by atoms with Gasteiger partial charge in [-0.1, -0.05) is 11.3 Å². The number of nitrogens with zero attached hydrogens (tertiary/aromatic N) is 2. The number of benzene rings is 2. The molecule has 10 nitrogen and oxygen atoms in total. The number of anilines is 3. The van der Waals surface area contributed by atoms with E-state index in [0.29, 0.717) is 44.0 Å². The Bertz CT molecular complexity index is 1480. The number of urea groups is 1. The molecule has 182 valence electrons. The number of sulfone groups is 1. The first-order chi connectivity index (χ1) is 16.7. The van der Waals surface area contributed by atoms with Crippen molar-refractivity contribution in [2.75, 3.05) is 29.3 Å². The first kappa shape index (κ1) is 24.6. The minimum Gasteiger partial charge on any atom is -0.497 e. The van der Waals surface area contributed by atoms with Gasteiger partial charge in [-0.15, -0.1) is 11.3 Å². The fourth-order valence-corrected chi connectivity index (χ4v) is 5.41. The number of nitrogens with one attached hydrogen (secondary N) is 3. The number of rotatable bonds is 8. The SMILES string of the molecule is COc1ccc(NC(=O)Nc2nc(CCC(=O)Nc3nc4ccc(S(C)(=O)=O)cc4s3)cs2)cc1. The van der Waals surface area contributed by atoms with E-state index in [9.17, 15) is 18.0 Å². The molecule has 0 saturated heterocycles. The third kappa shape index (κ3) is 6.53. The van der Waals surface area contributed by atoms with Gasteiger partial charge in [0.2, 0.25) is 5.91 Å². The molecule has 4 aromatic rings. The molecule has 3 N–H and O–H groups in total. The Morgan fingerprint density at radius 1 is 1.00 bits per heavy atom. The number of hydrogen-bond acceptors (Lipinski definition) is 9. The second-order valence-corrected chi connectivity index (χ2v) is 11.3. The lowest BCUT2D eigenvalue weighted by Gasteiger charge is -2.06. The van der Waals surface area contributed by atoms with Crippen LogP contribution in [0, 0.1) is 0 Å². The Morgan fingerprint density at radius 2 is 1.77 bits per heavy atom. The van der Waals surface area contributed by atoms with E-state index in [1.807, 2.05) is 0 Å². The molecule has 0 bridgehead atoms. The molecular weight excluding hydrogens is 510 g/mol. The number of methoxy groups -OCH3 is 1. The smallest absolute Gasteiger partial charge is 0.325 e. The number of carbonyl (C=O) groups is 2. The number of hydrogen-bond donors (Lipinski definition) is 3. The van der Waals surface area contributed by atoms with Crippen molar-refractivity contribution in [3.8, 4) is 5.75 Å². The Kier molecular flexibility index (Phi) is 7.28. The molecule has 2 aromatic heterocycles. The Hall–Kier alpha value is -3.55. The van der Waals surface area contributed by atoms with Gasteiger partial charge in [0.25, 0.3) is 0 Å². The standard InChI is InChI=1S/C22H21N5O5S3/c1-32-15-6-3-13(4-7-15)23-20(29)27-21-24-14(12-33-21)5-10-19(28)26-22-25-17-9-8-16(35(2,30)31)11-18(17)34-22/h3-4,6-9,11-12H,5,10H2,1-2H3,(H,25,26,28)(H2,23,24,27,29). The van der Waals surface area contributed by atoms with E-state index < -0.39 is 15.9 Å². The van der Waals surface area contributed by atoms with E-state index in [2.05, 4.69) is 25.9 Å². The van der Waals surface area contributed by atoms with Crippen LogP contribution in [0.15, 0.2) is 52.7 Å². The average molecular weight is 532 g/mol. The molecule has 0 aliphatic heterocycles. The first-order valence-corrected chi connectivity index (χ1v) is 13.9. The van der Waals surface area contributed by atoms with Crippen LogP contribution < -0.4 is 20.7 Å². The molecule has 0 aliphatic rings. The minimum atomic E-state index is -3.32. The van der Waals surface area contributed by atoms with Crippen LogP contribution in [0.5, 0.6) is 5.75 Å². The maximum atomic E-state index is 12.4. The van der Waals surface area contributed by atoms with E-state index in [1.165, 1.54) is 28.7 Å². The van der Waals surface area contributed by atoms with Crippen molar-refractivity contribution >= 4 is 70.6 Å². The van der Waals surface area contributed by atoms with Gasteiger partial charge in [-0.2, -0.15) is 0 Å². The molecule has 0 saturated carbocycles. The molecule has 35 heavy (non-hydrogen) atoms. The van der Waals surface area contributed by atoms with Crippen molar-refractivity contribution < 1.29 is 22.7 Å². The molecule has 4 rings (SSSR count). The summed E-state index contributed by atoms with van der Waals surface area (Å²) in [6, 6.07) is 11.2. The van der Waals surface area contributed by atoms with Crippen molar-refractivity contribution in [1.82, 2.24) is 9.97 Å². The van der Waals surface area contributed by atoms with Crippen LogP contribution in [0.25, 0.3) is 10.2 Å². The fourth-order valence-electron chi connectivity index (χ4n) is 3.03. The number of fused-ring (bicyclic) bond motifs is 1. The number of amides is 3. The number of aryl methyl sites for hydroxylation is 1. The highest BCUT2D eigenvalue weighted by molar-refractivity contribution is 7.90. The monoisotopic (exact) mass is 531 g/mol. The van der Waals surface area contributed by atoms with Gasteiger partial charge in [0, 0.05) is 23.7 Å². The van der Waals surface area contributed by atoms with Crippen molar-refractivity contribution in [3.63, 3.8) is 0 Å². The van der Waals surface area contributed by atoms with Gasteiger partial charge in [-0.3, -0.25) is 10.1 Å². The molecule has 3 amide bonds. The van der Waals surface area contributed by atoms with Crippen LogP contribution in [0.4, 0.5) is 20.7 Å². The summed E-state index contributed by atoms with van der Waals surface area (Å²) in [6.45, 7) is 0. The van der Waals surface area contributed by atoms with Crippen LogP contribution in [-0.2, 0) is 21.1 Å². The van der Waals surface area contributed by atoms with E-state index in [1.54, 1.807) is 48.9 Å². The average Bonchev–Trinajstić information content (AvgIpc) is 3.43. The largest absolute Gasteiger partial charge is 0.497 e. The molecule has 0 fully saturated rings. The molecule has 2 aromatic carbocycles. The van der Waals surface area contributed by atoms with Crippen LogP contribution in [-0.4, -0.2) is 43.7 Å². The normalized spacial score (nSPS) is 11.3. The topological polar surface area (TPSA) is 139 Å². The van der Waals surface area contributed by atoms with E-state index >= 15 is 0 Å². The molecule has 0 radical (unpaired) electrons. The van der Waals surface area contributed by atoms with Gasteiger partial charge in [0.05, 0.1) is 27.9 Å². The molecule has 0 spiro atoms. The van der Waals surface area contributed by atoms with Crippen LogP contribution in [0.1, 0.15) is 12.1 Å². The van der Waals surface area contributed by atoms with Gasteiger partial charge in [0.1, 0.15) is 5.75 Å². The fraction of sp³-hybridized carbons (Fsp3) is 0.182. The van der Waals surface area contributed by atoms with Crippen molar-refractivity contribution in [3.05, 3.63) is 53.5 Å². The highest BCUT2D eigenvalue weighted by atomic mass is 32.2. The third-order valence-electron chi connectivity index (χ3n) is 4.76. The zero-order valence-corrected chi connectivity index (χ0v) is 21.1. The summed E-state index contributed by atoms with van der Waals surface area (Å²) in [7, 11) is -1.75. The van der Waals surface area contributed by atoms with Gasteiger partial charge < -0.3 is 15.4 Å².